The molecule has 1 nitrogen and oxygen atoms in total. The Bertz CT molecular complexity index is 408. The first-order valence-corrected chi connectivity index (χ1v) is 7.67. The SMILES string of the molecule is CC1CCCC(CCNCc2cc(Cl)ccc2F)C1. The Morgan fingerprint density at radius 1 is 1.37 bits per heavy atom. The van der Waals surface area contributed by atoms with Crippen molar-refractivity contribution in [2.45, 2.75) is 45.6 Å². The first-order valence-electron chi connectivity index (χ1n) is 7.30. The number of halogens is 2. The molecule has 1 aromatic carbocycles. The molecule has 1 N–H and O–H groups in total. The van der Waals surface area contributed by atoms with Gasteiger partial charge in [0.25, 0.3) is 0 Å². The van der Waals surface area contributed by atoms with E-state index < -0.39 is 0 Å². The number of nitrogens with one attached hydrogen (secondary N) is 1. The van der Waals surface area contributed by atoms with Gasteiger partial charge >= 0.3 is 0 Å². The van der Waals surface area contributed by atoms with Gasteiger partial charge in [-0.2, -0.15) is 0 Å². The van der Waals surface area contributed by atoms with Crippen LogP contribution in [-0.2, 0) is 6.54 Å². The van der Waals surface area contributed by atoms with Crippen LogP contribution in [0, 0.1) is 17.7 Å². The number of hydrogen-bond acceptors (Lipinski definition) is 1. The summed E-state index contributed by atoms with van der Waals surface area (Å²) in [6.45, 7) is 3.87. The van der Waals surface area contributed by atoms with Crippen molar-refractivity contribution in [3.8, 4) is 0 Å². The summed E-state index contributed by atoms with van der Waals surface area (Å²) in [4.78, 5) is 0. The third-order valence-corrected chi connectivity index (χ3v) is 4.33. The molecule has 1 saturated carbocycles. The second kappa shape index (κ2) is 7.25. The van der Waals surface area contributed by atoms with Crippen molar-refractivity contribution in [2.75, 3.05) is 6.54 Å². The second-order valence-electron chi connectivity index (χ2n) is 5.84. The van der Waals surface area contributed by atoms with E-state index in [0.717, 1.165) is 18.4 Å². The van der Waals surface area contributed by atoms with Crippen molar-refractivity contribution < 1.29 is 4.39 Å². The van der Waals surface area contributed by atoms with Crippen molar-refractivity contribution in [1.29, 1.82) is 0 Å². The zero-order chi connectivity index (χ0) is 13.7. The highest BCUT2D eigenvalue weighted by atomic mass is 35.5. The van der Waals surface area contributed by atoms with E-state index in [9.17, 15) is 4.39 Å². The number of rotatable bonds is 5. The Hall–Kier alpha value is -0.600. The fourth-order valence-electron chi connectivity index (χ4n) is 3.03. The van der Waals surface area contributed by atoms with E-state index in [0.29, 0.717) is 17.1 Å². The van der Waals surface area contributed by atoms with Crippen LogP contribution in [0.2, 0.25) is 5.02 Å². The summed E-state index contributed by atoms with van der Waals surface area (Å²) in [5.74, 6) is 1.55. The first kappa shape index (κ1) is 14.8. The average molecular weight is 284 g/mol. The van der Waals surface area contributed by atoms with Gasteiger partial charge in [-0.05, 0) is 49.4 Å². The predicted molar refractivity (Wildman–Crippen MR) is 78.9 cm³/mol. The van der Waals surface area contributed by atoms with E-state index >= 15 is 0 Å². The molecule has 0 saturated heterocycles. The summed E-state index contributed by atoms with van der Waals surface area (Å²) < 4.78 is 13.5. The minimum atomic E-state index is -0.178. The Labute approximate surface area is 120 Å². The molecule has 1 aromatic rings. The molecular formula is C16H23ClFN. The van der Waals surface area contributed by atoms with Crippen LogP contribution >= 0.6 is 11.6 Å². The molecule has 19 heavy (non-hydrogen) atoms. The number of benzene rings is 1. The van der Waals surface area contributed by atoms with Gasteiger partial charge in [0.05, 0.1) is 0 Å². The topological polar surface area (TPSA) is 12.0 Å². The second-order valence-corrected chi connectivity index (χ2v) is 6.28. The molecule has 1 aliphatic carbocycles. The largest absolute Gasteiger partial charge is 0.313 e. The summed E-state index contributed by atoms with van der Waals surface area (Å²) in [6, 6.07) is 4.72. The van der Waals surface area contributed by atoms with Gasteiger partial charge in [0.15, 0.2) is 0 Å². The van der Waals surface area contributed by atoms with Crippen molar-refractivity contribution >= 4 is 11.6 Å². The lowest BCUT2D eigenvalue weighted by Gasteiger charge is -2.26. The van der Waals surface area contributed by atoms with E-state index in [4.69, 9.17) is 11.6 Å². The molecule has 0 spiro atoms. The van der Waals surface area contributed by atoms with E-state index in [-0.39, 0.29) is 5.82 Å². The van der Waals surface area contributed by atoms with Gasteiger partial charge in [0.1, 0.15) is 5.82 Å². The molecule has 0 aromatic heterocycles. The Morgan fingerprint density at radius 2 is 2.21 bits per heavy atom. The van der Waals surface area contributed by atoms with Gasteiger partial charge < -0.3 is 5.32 Å². The maximum absolute atomic E-state index is 13.5. The molecule has 2 unspecified atom stereocenters. The molecule has 1 fully saturated rings. The fourth-order valence-corrected chi connectivity index (χ4v) is 3.22. The smallest absolute Gasteiger partial charge is 0.127 e. The average Bonchev–Trinajstić information content (AvgIpc) is 2.39. The van der Waals surface area contributed by atoms with Gasteiger partial charge in [-0.25, -0.2) is 4.39 Å². The zero-order valence-electron chi connectivity index (χ0n) is 11.6. The van der Waals surface area contributed by atoms with Crippen molar-refractivity contribution in [3.63, 3.8) is 0 Å². The van der Waals surface area contributed by atoms with E-state index in [1.807, 2.05) is 0 Å². The minimum Gasteiger partial charge on any atom is -0.313 e. The van der Waals surface area contributed by atoms with Gasteiger partial charge in [-0.1, -0.05) is 37.8 Å². The molecule has 3 heteroatoms. The third kappa shape index (κ3) is 4.77. The molecule has 106 valence electrons. The Morgan fingerprint density at radius 3 is 3.00 bits per heavy atom. The molecule has 2 atom stereocenters. The maximum atomic E-state index is 13.5. The van der Waals surface area contributed by atoms with Crippen LogP contribution in [0.15, 0.2) is 18.2 Å². The lowest BCUT2D eigenvalue weighted by atomic mass is 9.81. The summed E-state index contributed by atoms with van der Waals surface area (Å²) in [5, 5.41) is 3.93. The molecule has 2 rings (SSSR count). The normalized spacial score (nSPS) is 23.5. The standard InChI is InChI=1S/C16H23ClFN/c1-12-3-2-4-13(9-12)7-8-19-11-14-10-15(17)5-6-16(14)18/h5-6,10,12-13,19H,2-4,7-9,11H2,1H3. The van der Waals surface area contributed by atoms with Crippen LogP contribution in [0.1, 0.15) is 44.6 Å². The molecule has 0 bridgehead atoms. The Balaban J connectivity index is 1.70. The third-order valence-electron chi connectivity index (χ3n) is 4.10. The molecule has 0 radical (unpaired) electrons. The first-order chi connectivity index (χ1) is 9.15. The van der Waals surface area contributed by atoms with Gasteiger partial charge in [0, 0.05) is 17.1 Å². The molecule has 1 aliphatic rings. The van der Waals surface area contributed by atoms with Crippen LogP contribution in [-0.4, -0.2) is 6.54 Å². The number of hydrogen-bond donors (Lipinski definition) is 1. The monoisotopic (exact) mass is 283 g/mol. The minimum absolute atomic E-state index is 0.178. The van der Waals surface area contributed by atoms with E-state index in [1.54, 1.807) is 12.1 Å². The Kier molecular flexibility index (Phi) is 5.65. The molecule has 0 aliphatic heterocycles. The van der Waals surface area contributed by atoms with Crippen LogP contribution < -0.4 is 5.32 Å². The lowest BCUT2D eigenvalue weighted by Crippen LogP contribution is -2.21. The van der Waals surface area contributed by atoms with E-state index in [1.165, 1.54) is 38.2 Å². The lowest BCUT2D eigenvalue weighted by molar-refractivity contribution is 0.267. The van der Waals surface area contributed by atoms with Gasteiger partial charge in [-0.3, -0.25) is 0 Å². The molecule has 0 heterocycles. The maximum Gasteiger partial charge on any atom is 0.127 e. The van der Waals surface area contributed by atoms with Gasteiger partial charge in [0.2, 0.25) is 0 Å². The van der Waals surface area contributed by atoms with Crippen LogP contribution in [0.4, 0.5) is 4.39 Å². The summed E-state index contributed by atoms with van der Waals surface area (Å²) >= 11 is 5.87. The predicted octanol–water partition coefficient (Wildman–Crippen LogP) is 4.79. The van der Waals surface area contributed by atoms with E-state index in [2.05, 4.69) is 12.2 Å². The molecule has 0 amide bonds. The summed E-state index contributed by atoms with van der Waals surface area (Å²) in [5.41, 5.74) is 0.657. The highest BCUT2D eigenvalue weighted by molar-refractivity contribution is 6.30. The fraction of sp³-hybridized carbons (Fsp3) is 0.625. The van der Waals surface area contributed by atoms with Crippen LogP contribution in [0.5, 0.6) is 0 Å². The summed E-state index contributed by atoms with van der Waals surface area (Å²) in [6.07, 6.45) is 6.67. The van der Waals surface area contributed by atoms with Crippen LogP contribution in [0.25, 0.3) is 0 Å². The molecular weight excluding hydrogens is 261 g/mol. The van der Waals surface area contributed by atoms with Crippen molar-refractivity contribution in [1.82, 2.24) is 5.32 Å². The van der Waals surface area contributed by atoms with Crippen molar-refractivity contribution in [2.24, 2.45) is 11.8 Å². The quantitative estimate of drug-likeness (QED) is 0.767. The van der Waals surface area contributed by atoms with Crippen molar-refractivity contribution in [3.05, 3.63) is 34.6 Å². The van der Waals surface area contributed by atoms with Gasteiger partial charge in [-0.15, -0.1) is 0 Å². The highest BCUT2D eigenvalue weighted by Gasteiger charge is 2.18. The highest BCUT2D eigenvalue weighted by Crippen LogP contribution is 2.30. The summed E-state index contributed by atoms with van der Waals surface area (Å²) in [7, 11) is 0. The van der Waals surface area contributed by atoms with Crippen LogP contribution in [0.3, 0.4) is 0 Å². The zero-order valence-corrected chi connectivity index (χ0v) is 12.3.